The van der Waals surface area contributed by atoms with E-state index in [1.807, 2.05) is 37.4 Å². The maximum absolute atomic E-state index is 5.80. The third-order valence-electron chi connectivity index (χ3n) is 5.71. The molecule has 0 saturated carbocycles. The van der Waals surface area contributed by atoms with Gasteiger partial charge in [-0.3, -0.25) is 4.98 Å². The van der Waals surface area contributed by atoms with E-state index in [-0.39, 0.29) is 12.1 Å². The molecule has 0 bridgehead atoms. The number of hydrogen-bond acceptors (Lipinski definition) is 4. The summed E-state index contributed by atoms with van der Waals surface area (Å²) in [6.07, 6.45) is 4.99. The average Bonchev–Trinajstić information content (AvgIpc) is 3.39. The molecule has 1 aliphatic heterocycles. The second kappa shape index (κ2) is 10.1. The number of nitrogens with zero attached hydrogens (tertiary/aromatic N) is 4. The first-order valence-corrected chi connectivity index (χ1v) is 11.5. The number of rotatable bonds is 9. The third kappa shape index (κ3) is 4.79. The summed E-state index contributed by atoms with van der Waals surface area (Å²) in [6, 6.07) is 18.6. The van der Waals surface area contributed by atoms with Crippen LogP contribution in [0.3, 0.4) is 0 Å². The van der Waals surface area contributed by atoms with Crippen LogP contribution in [0.1, 0.15) is 36.8 Å². The highest BCUT2D eigenvalue weighted by Gasteiger charge is 2.40. The average molecular weight is 450 g/mol. The van der Waals surface area contributed by atoms with Gasteiger partial charge in [-0.05, 0) is 94.7 Å². The van der Waals surface area contributed by atoms with Crippen molar-refractivity contribution in [2.75, 3.05) is 33.8 Å². The number of pyridine rings is 1. The smallest absolute Gasteiger partial charge is 0.170 e. The maximum atomic E-state index is 5.80. The van der Waals surface area contributed by atoms with Gasteiger partial charge in [-0.1, -0.05) is 6.07 Å². The zero-order valence-corrected chi connectivity index (χ0v) is 19.8. The van der Waals surface area contributed by atoms with Gasteiger partial charge in [0.1, 0.15) is 5.75 Å². The maximum Gasteiger partial charge on any atom is 0.170 e. The predicted molar refractivity (Wildman–Crippen MR) is 132 cm³/mol. The second-order valence-corrected chi connectivity index (χ2v) is 8.59. The van der Waals surface area contributed by atoms with Crippen molar-refractivity contribution in [2.45, 2.75) is 25.4 Å². The molecule has 0 aliphatic carbocycles. The Hall–Kier alpha value is -2.90. The van der Waals surface area contributed by atoms with Gasteiger partial charge in [-0.15, -0.1) is 0 Å². The van der Waals surface area contributed by atoms with Gasteiger partial charge in [0.05, 0.1) is 24.4 Å². The minimum atomic E-state index is -0.0144. The summed E-state index contributed by atoms with van der Waals surface area (Å²) in [7, 11) is 4.21. The molecule has 2 unspecified atom stereocenters. The molecule has 7 heteroatoms. The van der Waals surface area contributed by atoms with Crippen molar-refractivity contribution in [3.05, 3.63) is 78.4 Å². The number of ether oxygens (including phenoxy) is 1. The van der Waals surface area contributed by atoms with Crippen molar-refractivity contribution < 1.29 is 4.74 Å². The number of benzene rings is 1. The Balaban J connectivity index is 1.70. The van der Waals surface area contributed by atoms with Crippen molar-refractivity contribution in [1.82, 2.24) is 24.7 Å². The van der Waals surface area contributed by atoms with Crippen LogP contribution in [-0.4, -0.2) is 58.3 Å². The van der Waals surface area contributed by atoms with Crippen LogP contribution < -0.4 is 10.1 Å². The second-order valence-electron chi connectivity index (χ2n) is 8.21. The Bertz CT molecular complexity index is 1020. The third-order valence-corrected chi connectivity index (χ3v) is 6.06. The standard InChI is InChI=1S/C25H31N5OS/c1-4-31-20-13-11-19(12-14-20)29-17-7-10-22(29)24-23(21-9-5-6-15-26-21)27-25(32)30(24)18-8-16-28(2)3/h5-7,9-15,17,23-24H,4,8,16,18H2,1-3H3,(H,27,32). The summed E-state index contributed by atoms with van der Waals surface area (Å²) in [5.74, 6) is 0.880. The normalized spacial score (nSPS) is 18.2. The van der Waals surface area contributed by atoms with Crippen molar-refractivity contribution in [1.29, 1.82) is 0 Å². The summed E-state index contributed by atoms with van der Waals surface area (Å²) in [4.78, 5) is 9.18. The summed E-state index contributed by atoms with van der Waals surface area (Å²) >= 11 is 5.80. The molecule has 32 heavy (non-hydrogen) atoms. The lowest BCUT2D eigenvalue weighted by molar-refractivity contribution is 0.286. The predicted octanol–water partition coefficient (Wildman–Crippen LogP) is 4.20. The van der Waals surface area contributed by atoms with Crippen LogP contribution in [0.4, 0.5) is 0 Å². The number of aromatic nitrogens is 2. The fraction of sp³-hybridized carbons (Fsp3) is 0.360. The van der Waals surface area contributed by atoms with E-state index >= 15 is 0 Å². The van der Waals surface area contributed by atoms with E-state index in [0.29, 0.717) is 6.61 Å². The van der Waals surface area contributed by atoms with Crippen LogP contribution in [0.25, 0.3) is 5.69 Å². The van der Waals surface area contributed by atoms with E-state index < -0.39 is 0 Å². The monoisotopic (exact) mass is 449 g/mol. The summed E-state index contributed by atoms with van der Waals surface area (Å²) in [6.45, 7) is 4.55. The highest BCUT2D eigenvalue weighted by Crippen LogP contribution is 2.39. The lowest BCUT2D eigenvalue weighted by atomic mass is 10.0. The molecule has 1 aliphatic rings. The van der Waals surface area contributed by atoms with E-state index in [2.05, 4.69) is 75.3 Å². The van der Waals surface area contributed by atoms with Crippen molar-refractivity contribution in [3.63, 3.8) is 0 Å². The molecular formula is C25H31N5OS. The van der Waals surface area contributed by atoms with Crippen molar-refractivity contribution in [2.24, 2.45) is 0 Å². The summed E-state index contributed by atoms with van der Waals surface area (Å²) < 4.78 is 7.86. The molecule has 168 valence electrons. The summed E-state index contributed by atoms with van der Waals surface area (Å²) in [5.41, 5.74) is 3.27. The molecule has 1 aromatic carbocycles. The van der Waals surface area contributed by atoms with Crippen LogP contribution in [-0.2, 0) is 0 Å². The van der Waals surface area contributed by atoms with E-state index in [4.69, 9.17) is 17.0 Å². The molecule has 3 aromatic rings. The molecule has 0 spiro atoms. The Kier molecular flexibility index (Phi) is 7.07. The molecule has 6 nitrogen and oxygen atoms in total. The molecule has 0 amide bonds. The molecule has 1 N–H and O–H groups in total. The van der Waals surface area contributed by atoms with Gasteiger partial charge in [0.2, 0.25) is 0 Å². The van der Waals surface area contributed by atoms with Crippen molar-refractivity contribution in [3.8, 4) is 11.4 Å². The molecule has 0 radical (unpaired) electrons. The van der Waals surface area contributed by atoms with Gasteiger partial charge in [0.25, 0.3) is 0 Å². The fourth-order valence-corrected chi connectivity index (χ4v) is 4.60. The van der Waals surface area contributed by atoms with Gasteiger partial charge in [0.15, 0.2) is 5.11 Å². The Morgan fingerprint density at radius 1 is 1.09 bits per heavy atom. The minimum absolute atomic E-state index is 0.0144. The first kappa shape index (κ1) is 22.3. The van der Waals surface area contributed by atoms with E-state index in [0.717, 1.165) is 41.8 Å². The van der Waals surface area contributed by atoms with Crippen LogP contribution in [0.2, 0.25) is 0 Å². The molecule has 1 fully saturated rings. The highest BCUT2D eigenvalue weighted by atomic mass is 32.1. The lowest BCUT2D eigenvalue weighted by Crippen LogP contribution is -2.32. The zero-order chi connectivity index (χ0) is 22.5. The molecule has 3 heterocycles. The van der Waals surface area contributed by atoms with Gasteiger partial charge >= 0.3 is 0 Å². The first-order chi connectivity index (χ1) is 15.6. The van der Waals surface area contributed by atoms with Gasteiger partial charge in [0, 0.05) is 30.3 Å². The topological polar surface area (TPSA) is 45.6 Å². The minimum Gasteiger partial charge on any atom is -0.494 e. The van der Waals surface area contributed by atoms with E-state index in [9.17, 15) is 0 Å². The van der Waals surface area contributed by atoms with Gasteiger partial charge in [-0.25, -0.2) is 0 Å². The summed E-state index contributed by atoms with van der Waals surface area (Å²) in [5, 5.41) is 4.33. The molecule has 4 rings (SSSR count). The Morgan fingerprint density at radius 3 is 2.59 bits per heavy atom. The molecular weight excluding hydrogens is 418 g/mol. The van der Waals surface area contributed by atoms with E-state index in [1.165, 1.54) is 5.69 Å². The number of thiocarbonyl (C=S) groups is 1. The van der Waals surface area contributed by atoms with Gasteiger partial charge < -0.3 is 24.4 Å². The number of hydrogen-bond donors (Lipinski definition) is 1. The zero-order valence-electron chi connectivity index (χ0n) is 18.9. The quantitative estimate of drug-likeness (QED) is 0.494. The van der Waals surface area contributed by atoms with Gasteiger partial charge in [-0.2, -0.15) is 0 Å². The largest absolute Gasteiger partial charge is 0.494 e. The van der Waals surface area contributed by atoms with Crippen LogP contribution in [0, 0.1) is 0 Å². The SMILES string of the molecule is CCOc1ccc(-n2cccc2C2C(c3ccccn3)NC(=S)N2CCCN(C)C)cc1. The first-order valence-electron chi connectivity index (χ1n) is 11.1. The molecule has 1 saturated heterocycles. The Morgan fingerprint density at radius 2 is 1.91 bits per heavy atom. The van der Waals surface area contributed by atoms with Crippen LogP contribution in [0.5, 0.6) is 5.75 Å². The van der Waals surface area contributed by atoms with Crippen molar-refractivity contribution >= 4 is 17.3 Å². The molecule has 2 atom stereocenters. The Labute approximate surface area is 195 Å². The van der Waals surface area contributed by atoms with E-state index in [1.54, 1.807) is 0 Å². The number of nitrogens with one attached hydrogen (secondary N) is 1. The highest BCUT2D eigenvalue weighted by molar-refractivity contribution is 7.80. The fourth-order valence-electron chi connectivity index (χ4n) is 4.27. The van der Waals surface area contributed by atoms with Crippen LogP contribution >= 0.6 is 12.2 Å². The van der Waals surface area contributed by atoms with Crippen LogP contribution in [0.15, 0.2) is 67.0 Å². The molecule has 2 aromatic heterocycles. The lowest BCUT2D eigenvalue weighted by Gasteiger charge is -2.29.